The Morgan fingerprint density at radius 2 is 2.18 bits per heavy atom. The Balaban J connectivity index is 3.00. The summed E-state index contributed by atoms with van der Waals surface area (Å²) in [7, 11) is 1.58. The van der Waals surface area contributed by atoms with Gasteiger partial charge in [0.25, 0.3) is 5.56 Å². The molecule has 0 aromatic carbocycles. The van der Waals surface area contributed by atoms with Gasteiger partial charge in [-0.15, -0.1) is 6.58 Å². The van der Waals surface area contributed by atoms with Crippen LogP contribution in [0.25, 0.3) is 11.0 Å². The normalized spacial score (nSPS) is 10.7. The molecule has 0 radical (unpaired) electrons. The summed E-state index contributed by atoms with van der Waals surface area (Å²) in [5.74, 6) is 0.522. The van der Waals surface area contributed by atoms with Crippen LogP contribution in [0.15, 0.2) is 28.4 Å². The molecule has 0 saturated heterocycles. The molecule has 6 heteroatoms. The van der Waals surface area contributed by atoms with Gasteiger partial charge < -0.3 is 0 Å². The van der Waals surface area contributed by atoms with Crippen molar-refractivity contribution in [3.8, 4) is 0 Å². The van der Waals surface area contributed by atoms with Crippen molar-refractivity contribution in [1.29, 1.82) is 0 Å². The van der Waals surface area contributed by atoms with Crippen LogP contribution in [-0.2, 0) is 13.6 Å². The second-order valence-corrected chi connectivity index (χ2v) is 3.70. The van der Waals surface area contributed by atoms with Crippen molar-refractivity contribution in [2.24, 2.45) is 7.05 Å². The third-order valence-electron chi connectivity index (χ3n) is 2.51. The smallest absolute Gasteiger partial charge is 0.280 e. The summed E-state index contributed by atoms with van der Waals surface area (Å²) in [6.45, 7) is 5.41. The maximum atomic E-state index is 12.0. The summed E-state index contributed by atoms with van der Waals surface area (Å²) in [4.78, 5) is 32.0. The van der Waals surface area contributed by atoms with E-state index in [1.807, 2.05) is 0 Å². The van der Waals surface area contributed by atoms with E-state index in [0.29, 0.717) is 16.9 Å². The van der Waals surface area contributed by atoms with E-state index in [-0.39, 0.29) is 12.1 Å². The zero-order valence-electron chi connectivity index (χ0n) is 9.67. The van der Waals surface area contributed by atoms with Crippen LogP contribution < -0.4 is 11.2 Å². The fourth-order valence-corrected chi connectivity index (χ4v) is 1.66. The molecule has 2 rings (SSSR count). The number of aromatic nitrogens is 4. The first-order valence-corrected chi connectivity index (χ1v) is 5.10. The quantitative estimate of drug-likeness (QED) is 0.682. The first kappa shape index (κ1) is 11.3. The van der Waals surface area contributed by atoms with E-state index in [2.05, 4.69) is 16.5 Å². The Bertz CT molecular complexity index is 712. The standard InChI is InChI=1S/C11H12N4O2/c1-4-5-15-10(16)8-6-12-7(2)13-9(8)14(3)11(15)17/h4,6H,1,5H2,2-3H3. The number of aryl methyl sites for hydroxylation is 2. The number of fused-ring (bicyclic) bond motifs is 1. The van der Waals surface area contributed by atoms with E-state index in [4.69, 9.17) is 0 Å². The minimum Gasteiger partial charge on any atom is -0.280 e. The molecule has 0 spiro atoms. The number of rotatable bonds is 2. The van der Waals surface area contributed by atoms with E-state index in [1.165, 1.54) is 16.8 Å². The monoisotopic (exact) mass is 232 g/mol. The second-order valence-electron chi connectivity index (χ2n) is 3.70. The first-order valence-electron chi connectivity index (χ1n) is 5.10. The Labute approximate surface area is 96.9 Å². The zero-order valence-corrected chi connectivity index (χ0v) is 9.67. The van der Waals surface area contributed by atoms with Gasteiger partial charge in [-0.1, -0.05) is 6.08 Å². The molecule has 0 N–H and O–H groups in total. The van der Waals surface area contributed by atoms with Gasteiger partial charge in [0.15, 0.2) is 5.65 Å². The van der Waals surface area contributed by atoms with E-state index >= 15 is 0 Å². The van der Waals surface area contributed by atoms with Crippen molar-refractivity contribution >= 4 is 11.0 Å². The molecule has 0 fully saturated rings. The molecule has 0 aliphatic heterocycles. The van der Waals surface area contributed by atoms with Crippen molar-refractivity contribution in [2.45, 2.75) is 13.5 Å². The highest BCUT2D eigenvalue weighted by atomic mass is 16.2. The van der Waals surface area contributed by atoms with Gasteiger partial charge in [-0.25, -0.2) is 14.8 Å². The minimum atomic E-state index is -0.402. The molecule has 0 saturated carbocycles. The van der Waals surface area contributed by atoms with Gasteiger partial charge in [0.05, 0.1) is 0 Å². The fourth-order valence-electron chi connectivity index (χ4n) is 1.66. The second kappa shape index (κ2) is 3.97. The largest absolute Gasteiger partial charge is 0.332 e. The van der Waals surface area contributed by atoms with Crippen LogP contribution in [0.1, 0.15) is 5.82 Å². The van der Waals surface area contributed by atoms with Gasteiger partial charge >= 0.3 is 5.69 Å². The Morgan fingerprint density at radius 1 is 1.47 bits per heavy atom. The lowest BCUT2D eigenvalue weighted by atomic mass is 10.4. The average molecular weight is 232 g/mol. The maximum absolute atomic E-state index is 12.0. The Hall–Kier alpha value is -2.24. The molecular formula is C11H12N4O2. The molecule has 0 aliphatic carbocycles. The molecule has 2 heterocycles. The molecule has 2 aromatic heterocycles. The number of allylic oxidation sites excluding steroid dienone is 1. The van der Waals surface area contributed by atoms with Crippen LogP contribution in [0.2, 0.25) is 0 Å². The summed E-state index contributed by atoms with van der Waals surface area (Å²) in [5.41, 5.74) is -0.434. The third kappa shape index (κ3) is 1.67. The molecule has 2 aromatic rings. The predicted octanol–water partition coefficient (Wildman–Crippen LogP) is -0.0154. The minimum absolute atomic E-state index is 0.176. The lowest BCUT2D eigenvalue weighted by Gasteiger charge is -2.08. The third-order valence-corrected chi connectivity index (χ3v) is 2.51. The van der Waals surface area contributed by atoms with Gasteiger partial charge in [-0.2, -0.15) is 0 Å². The molecule has 17 heavy (non-hydrogen) atoms. The predicted molar refractivity (Wildman–Crippen MR) is 64.0 cm³/mol. The summed E-state index contributed by atoms with van der Waals surface area (Å²) >= 11 is 0. The van der Waals surface area contributed by atoms with Gasteiger partial charge in [0, 0.05) is 19.8 Å². The van der Waals surface area contributed by atoms with Gasteiger partial charge in [0.1, 0.15) is 11.2 Å². The first-order chi connectivity index (χ1) is 8.06. The van der Waals surface area contributed by atoms with Crippen LogP contribution in [0, 0.1) is 6.92 Å². The molecule has 0 atom stereocenters. The maximum Gasteiger partial charge on any atom is 0.332 e. The highest BCUT2D eigenvalue weighted by Gasteiger charge is 2.11. The SMILES string of the molecule is C=CCn1c(=O)c2cnc(C)nc2n(C)c1=O. The lowest BCUT2D eigenvalue weighted by Crippen LogP contribution is -2.39. The van der Waals surface area contributed by atoms with Crippen molar-refractivity contribution in [3.63, 3.8) is 0 Å². The molecule has 0 aliphatic rings. The number of nitrogens with zero attached hydrogens (tertiary/aromatic N) is 4. The van der Waals surface area contributed by atoms with E-state index in [0.717, 1.165) is 4.57 Å². The van der Waals surface area contributed by atoms with E-state index in [9.17, 15) is 9.59 Å². The highest BCUT2D eigenvalue weighted by Crippen LogP contribution is 2.02. The summed E-state index contributed by atoms with van der Waals surface area (Å²) < 4.78 is 2.45. The van der Waals surface area contributed by atoms with Crippen LogP contribution in [0.4, 0.5) is 0 Å². The van der Waals surface area contributed by atoms with Crippen LogP contribution in [0.5, 0.6) is 0 Å². The van der Waals surface area contributed by atoms with Crippen LogP contribution >= 0.6 is 0 Å². The van der Waals surface area contributed by atoms with Crippen molar-refractivity contribution in [1.82, 2.24) is 19.1 Å². The lowest BCUT2D eigenvalue weighted by molar-refractivity contribution is 0.665. The van der Waals surface area contributed by atoms with Crippen LogP contribution in [0.3, 0.4) is 0 Å². The average Bonchev–Trinajstić information content (AvgIpc) is 2.32. The van der Waals surface area contributed by atoms with E-state index in [1.54, 1.807) is 14.0 Å². The van der Waals surface area contributed by atoms with Gasteiger partial charge in [-0.3, -0.25) is 13.9 Å². The van der Waals surface area contributed by atoms with Crippen molar-refractivity contribution in [2.75, 3.05) is 0 Å². The van der Waals surface area contributed by atoms with Gasteiger partial charge in [0.2, 0.25) is 0 Å². The zero-order chi connectivity index (χ0) is 12.6. The summed E-state index contributed by atoms with van der Waals surface area (Å²) in [6, 6.07) is 0. The number of hydrogen-bond acceptors (Lipinski definition) is 4. The molecule has 0 amide bonds. The fraction of sp³-hybridized carbons (Fsp3) is 0.273. The van der Waals surface area contributed by atoms with Crippen molar-refractivity contribution in [3.05, 3.63) is 45.5 Å². The molecule has 88 valence electrons. The molecule has 6 nitrogen and oxygen atoms in total. The molecule has 0 unspecified atom stereocenters. The Kier molecular flexibility index (Phi) is 2.63. The van der Waals surface area contributed by atoms with Gasteiger partial charge in [-0.05, 0) is 6.92 Å². The summed E-state index contributed by atoms with van der Waals surface area (Å²) in [5, 5.41) is 0.333. The highest BCUT2D eigenvalue weighted by molar-refractivity contribution is 5.72. The topological polar surface area (TPSA) is 69.8 Å². The van der Waals surface area contributed by atoms with E-state index < -0.39 is 5.69 Å². The number of hydrogen-bond donors (Lipinski definition) is 0. The summed E-state index contributed by atoms with van der Waals surface area (Å²) in [6.07, 6.45) is 2.95. The molecular weight excluding hydrogens is 220 g/mol. The van der Waals surface area contributed by atoms with Crippen LogP contribution in [-0.4, -0.2) is 19.1 Å². The van der Waals surface area contributed by atoms with Crippen molar-refractivity contribution < 1.29 is 0 Å². The Morgan fingerprint density at radius 3 is 2.82 bits per heavy atom. The molecule has 0 bridgehead atoms.